The molecule has 2 rings (SSSR count). The van der Waals surface area contributed by atoms with Crippen LogP contribution in [0.15, 0.2) is 0 Å². The molecule has 1 aliphatic rings. The summed E-state index contributed by atoms with van der Waals surface area (Å²) in [6.07, 6.45) is 0. The Balaban J connectivity index is 2.20. The Bertz CT molecular complexity index is 406. The smallest absolute Gasteiger partial charge is 0.355 e. The van der Waals surface area contributed by atoms with Crippen molar-refractivity contribution < 1.29 is 9.90 Å². The first-order valence-electron chi connectivity index (χ1n) is 5.15. The molecule has 0 saturated carbocycles. The van der Waals surface area contributed by atoms with Gasteiger partial charge in [0.05, 0.1) is 0 Å². The van der Waals surface area contributed by atoms with Crippen LogP contribution >= 0.6 is 23.1 Å². The van der Waals surface area contributed by atoms with Gasteiger partial charge < -0.3 is 10.0 Å². The van der Waals surface area contributed by atoms with Crippen molar-refractivity contribution in [1.29, 1.82) is 0 Å². The second-order valence-corrected chi connectivity index (χ2v) is 6.56. The molecule has 0 aliphatic carbocycles. The van der Waals surface area contributed by atoms with E-state index in [1.54, 1.807) is 0 Å². The van der Waals surface area contributed by atoms with Crippen molar-refractivity contribution in [2.45, 2.75) is 19.1 Å². The van der Waals surface area contributed by atoms with Gasteiger partial charge in [-0.05, 0) is 6.92 Å². The zero-order valence-electron chi connectivity index (χ0n) is 9.27. The molecule has 1 saturated heterocycles. The van der Waals surface area contributed by atoms with Gasteiger partial charge in [0.15, 0.2) is 10.8 Å². The molecule has 0 radical (unpaired) electrons. The van der Waals surface area contributed by atoms with Crippen LogP contribution in [-0.4, -0.2) is 40.2 Å². The van der Waals surface area contributed by atoms with E-state index in [-0.39, 0.29) is 5.69 Å². The fraction of sp³-hybridized carbons (Fsp3) is 0.600. The molecule has 1 aromatic heterocycles. The summed E-state index contributed by atoms with van der Waals surface area (Å²) in [7, 11) is 0. The fourth-order valence-electron chi connectivity index (χ4n) is 1.71. The highest BCUT2D eigenvalue weighted by Gasteiger charge is 2.22. The van der Waals surface area contributed by atoms with E-state index in [0.29, 0.717) is 5.25 Å². The number of aryl methyl sites for hydroxylation is 1. The number of carboxylic acid groups (broad SMARTS) is 1. The number of carbonyl (C=O) groups is 1. The van der Waals surface area contributed by atoms with Crippen LogP contribution < -0.4 is 4.90 Å². The van der Waals surface area contributed by atoms with Crippen molar-refractivity contribution in [1.82, 2.24) is 4.98 Å². The Hall–Kier alpha value is -0.750. The topological polar surface area (TPSA) is 53.4 Å². The molecule has 4 nitrogen and oxygen atoms in total. The van der Waals surface area contributed by atoms with Gasteiger partial charge in [-0.1, -0.05) is 6.92 Å². The molecule has 0 bridgehead atoms. The van der Waals surface area contributed by atoms with Gasteiger partial charge in [0.1, 0.15) is 0 Å². The number of aromatic nitrogens is 1. The molecule has 1 unspecified atom stereocenters. The third-order valence-electron chi connectivity index (χ3n) is 2.50. The van der Waals surface area contributed by atoms with Gasteiger partial charge in [-0.25, -0.2) is 9.78 Å². The van der Waals surface area contributed by atoms with E-state index in [2.05, 4.69) is 16.8 Å². The Morgan fingerprint density at radius 1 is 1.62 bits per heavy atom. The molecule has 1 fully saturated rings. The van der Waals surface area contributed by atoms with Crippen LogP contribution in [0.1, 0.15) is 22.3 Å². The third kappa shape index (κ3) is 2.32. The molecular formula is C10H14N2O2S2. The van der Waals surface area contributed by atoms with Crippen LogP contribution in [-0.2, 0) is 0 Å². The molecule has 1 aromatic rings. The van der Waals surface area contributed by atoms with E-state index in [1.807, 2.05) is 18.7 Å². The van der Waals surface area contributed by atoms with Gasteiger partial charge in [0.25, 0.3) is 0 Å². The zero-order chi connectivity index (χ0) is 11.7. The first-order valence-corrected chi connectivity index (χ1v) is 7.01. The molecule has 6 heteroatoms. The Labute approximate surface area is 103 Å². The lowest BCUT2D eigenvalue weighted by atomic mass is 10.4. The van der Waals surface area contributed by atoms with Gasteiger partial charge in [0.2, 0.25) is 0 Å². The van der Waals surface area contributed by atoms with Crippen LogP contribution in [0.2, 0.25) is 0 Å². The number of anilines is 1. The first kappa shape index (κ1) is 11.7. The summed E-state index contributed by atoms with van der Waals surface area (Å²) in [4.78, 5) is 18.1. The monoisotopic (exact) mass is 258 g/mol. The minimum Gasteiger partial charge on any atom is -0.476 e. The number of nitrogens with zero attached hydrogens (tertiary/aromatic N) is 2. The molecule has 0 amide bonds. The van der Waals surface area contributed by atoms with Crippen LogP contribution in [0.25, 0.3) is 0 Å². The molecule has 1 atom stereocenters. The Kier molecular flexibility index (Phi) is 3.39. The van der Waals surface area contributed by atoms with E-state index in [1.165, 1.54) is 11.3 Å². The summed E-state index contributed by atoms with van der Waals surface area (Å²) in [6.45, 7) is 5.92. The van der Waals surface area contributed by atoms with Crippen molar-refractivity contribution in [3.63, 3.8) is 0 Å². The minimum atomic E-state index is -0.931. The average Bonchev–Trinajstić information content (AvgIpc) is 2.60. The predicted octanol–water partition coefficient (Wildman–Crippen LogP) is 2.09. The van der Waals surface area contributed by atoms with Crippen molar-refractivity contribution in [2.24, 2.45) is 0 Å². The second-order valence-electron chi connectivity index (χ2n) is 3.83. The Morgan fingerprint density at radius 2 is 2.38 bits per heavy atom. The van der Waals surface area contributed by atoms with E-state index in [4.69, 9.17) is 5.11 Å². The van der Waals surface area contributed by atoms with Crippen LogP contribution in [0.4, 0.5) is 5.13 Å². The molecule has 0 aromatic carbocycles. The summed E-state index contributed by atoms with van der Waals surface area (Å²) in [5.41, 5.74) is 0.200. The van der Waals surface area contributed by atoms with Gasteiger partial charge >= 0.3 is 5.97 Å². The second kappa shape index (κ2) is 4.63. The fourth-order valence-corrected chi connectivity index (χ4v) is 3.66. The SMILES string of the molecule is Cc1sc(N2CCSC(C)C2)nc1C(=O)O. The van der Waals surface area contributed by atoms with E-state index in [0.717, 1.165) is 28.9 Å². The normalized spacial score (nSPS) is 21.1. The predicted molar refractivity (Wildman–Crippen MR) is 67.9 cm³/mol. The number of thiazole rings is 1. The quantitative estimate of drug-likeness (QED) is 0.880. The summed E-state index contributed by atoms with van der Waals surface area (Å²) in [5.74, 6) is 0.154. The first-order chi connectivity index (χ1) is 7.58. The summed E-state index contributed by atoms with van der Waals surface area (Å²) < 4.78 is 0. The van der Waals surface area contributed by atoms with Gasteiger partial charge in [-0.2, -0.15) is 11.8 Å². The van der Waals surface area contributed by atoms with Crippen molar-refractivity contribution in [3.05, 3.63) is 10.6 Å². The van der Waals surface area contributed by atoms with E-state index < -0.39 is 5.97 Å². The lowest BCUT2D eigenvalue weighted by Gasteiger charge is -2.30. The van der Waals surface area contributed by atoms with Crippen LogP contribution in [0.3, 0.4) is 0 Å². The maximum Gasteiger partial charge on any atom is 0.355 e. The number of aromatic carboxylic acids is 1. The Morgan fingerprint density at radius 3 is 2.94 bits per heavy atom. The van der Waals surface area contributed by atoms with Crippen LogP contribution in [0, 0.1) is 6.92 Å². The number of carboxylic acids is 1. The maximum absolute atomic E-state index is 10.9. The van der Waals surface area contributed by atoms with E-state index >= 15 is 0 Å². The lowest BCUT2D eigenvalue weighted by Crippen LogP contribution is -2.36. The standard InChI is InChI=1S/C10H14N2O2S2/c1-6-5-12(3-4-15-6)10-11-8(9(13)14)7(2)16-10/h6H,3-5H2,1-2H3,(H,13,14). The summed E-state index contributed by atoms with van der Waals surface area (Å²) in [5, 5.41) is 10.4. The number of hydrogen-bond acceptors (Lipinski definition) is 5. The lowest BCUT2D eigenvalue weighted by molar-refractivity contribution is 0.0690. The largest absolute Gasteiger partial charge is 0.476 e. The van der Waals surface area contributed by atoms with Gasteiger partial charge in [-0.15, -0.1) is 11.3 Å². The third-order valence-corrected chi connectivity index (χ3v) is 4.67. The molecule has 1 aliphatic heterocycles. The molecule has 16 heavy (non-hydrogen) atoms. The van der Waals surface area contributed by atoms with Crippen molar-refractivity contribution in [3.8, 4) is 0 Å². The molecule has 0 spiro atoms. The van der Waals surface area contributed by atoms with Gasteiger partial charge in [0, 0.05) is 29.0 Å². The van der Waals surface area contributed by atoms with Crippen LogP contribution in [0.5, 0.6) is 0 Å². The molecule has 88 valence electrons. The molecule has 2 heterocycles. The maximum atomic E-state index is 10.9. The highest BCUT2D eigenvalue weighted by atomic mass is 32.2. The minimum absolute atomic E-state index is 0.200. The molecule has 1 N–H and O–H groups in total. The van der Waals surface area contributed by atoms with E-state index in [9.17, 15) is 4.79 Å². The zero-order valence-corrected chi connectivity index (χ0v) is 10.9. The average molecular weight is 258 g/mol. The van der Waals surface area contributed by atoms with Gasteiger partial charge in [-0.3, -0.25) is 0 Å². The van der Waals surface area contributed by atoms with Crippen molar-refractivity contribution in [2.75, 3.05) is 23.7 Å². The molecular weight excluding hydrogens is 244 g/mol. The number of thioether (sulfide) groups is 1. The highest BCUT2D eigenvalue weighted by Crippen LogP contribution is 2.29. The summed E-state index contributed by atoms with van der Waals surface area (Å²) >= 11 is 3.43. The summed E-state index contributed by atoms with van der Waals surface area (Å²) in [6, 6.07) is 0. The number of hydrogen-bond donors (Lipinski definition) is 1. The highest BCUT2D eigenvalue weighted by molar-refractivity contribution is 8.00. The van der Waals surface area contributed by atoms with Crippen molar-refractivity contribution >= 4 is 34.2 Å². The number of rotatable bonds is 2.